The second-order valence-electron chi connectivity index (χ2n) is 3.61. The lowest BCUT2D eigenvalue weighted by atomic mass is 10.0. The van der Waals surface area contributed by atoms with E-state index < -0.39 is 11.9 Å². The van der Waals surface area contributed by atoms with E-state index in [1.165, 1.54) is 12.1 Å². The Morgan fingerprint density at radius 3 is 3.06 bits per heavy atom. The van der Waals surface area contributed by atoms with Gasteiger partial charge < -0.3 is 9.72 Å². The van der Waals surface area contributed by atoms with E-state index in [0.29, 0.717) is 11.3 Å². The normalized spacial score (nSPS) is 16.9. The Morgan fingerprint density at radius 2 is 2.38 bits per heavy atom. The molecule has 0 aromatic carbocycles. The number of alkyl halides is 2. The van der Waals surface area contributed by atoms with Crippen molar-refractivity contribution in [1.29, 1.82) is 0 Å². The minimum absolute atomic E-state index is 0.217. The van der Waals surface area contributed by atoms with Crippen molar-refractivity contribution in [1.82, 2.24) is 4.98 Å². The van der Waals surface area contributed by atoms with Gasteiger partial charge in [0.1, 0.15) is 5.69 Å². The quantitative estimate of drug-likeness (QED) is 0.788. The Kier molecular flexibility index (Phi) is 2.53. The average Bonchev–Trinajstić information content (AvgIpc) is 2.59. The van der Waals surface area contributed by atoms with Gasteiger partial charge in [0.2, 0.25) is 0 Å². The summed E-state index contributed by atoms with van der Waals surface area (Å²) < 4.78 is 30.8. The summed E-state index contributed by atoms with van der Waals surface area (Å²) in [5, 5.41) is 0. The largest absolute Gasteiger partial charge is 0.461 e. The van der Waals surface area contributed by atoms with Crippen LogP contribution in [0.25, 0.3) is 6.08 Å². The Bertz CT molecular complexity index is 449. The number of ether oxygens (including phenoxy) is 1. The van der Waals surface area contributed by atoms with Gasteiger partial charge in [-0.25, -0.2) is 13.6 Å². The van der Waals surface area contributed by atoms with E-state index >= 15 is 0 Å². The van der Waals surface area contributed by atoms with Crippen molar-refractivity contribution < 1.29 is 18.3 Å². The van der Waals surface area contributed by atoms with Crippen LogP contribution in [-0.4, -0.2) is 23.5 Å². The Morgan fingerprint density at radius 1 is 1.62 bits per heavy atom. The zero-order chi connectivity index (χ0) is 11.8. The van der Waals surface area contributed by atoms with Crippen LogP contribution in [0.3, 0.4) is 0 Å². The van der Waals surface area contributed by atoms with E-state index in [0.717, 1.165) is 6.08 Å². The molecule has 0 bridgehead atoms. The second kappa shape index (κ2) is 3.73. The van der Waals surface area contributed by atoms with Gasteiger partial charge in [0.15, 0.2) is 0 Å². The van der Waals surface area contributed by atoms with Crippen LogP contribution in [0.5, 0.6) is 0 Å². The van der Waals surface area contributed by atoms with Gasteiger partial charge in [-0.05, 0) is 30.7 Å². The SMILES string of the molecule is CCOC(=O)c1cc2c([nH]1)C=CC(F)(F)C2. The predicted octanol–water partition coefficient (Wildman–Crippen LogP) is 2.40. The maximum Gasteiger partial charge on any atom is 0.354 e. The summed E-state index contributed by atoms with van der Waals surface area (Å²) in [4.78, 5) is 14.1. The fourth-order valence-electron chi connectivity index (χ4n) is 1.65. The summed E-state index contributed by atoms with van der Waals surface area (Å²) in [6.07, 6.45) is 1.75. The van der Waals surface area contributed by atoms with Gasteiger partial charge in [0.25, 0.3) is 5.92 Å². The molecule has 0 saturated heterocycles. The van der Waals surface area contributed by atoms with Gasteiger partial charge in [-0.3, -0.25) is 0 Å². The third-order valence-corrected chi connectivity index (χ3v) is 2.35. The summed E-state index contributed by atoms with van der Waals surface area (Å²) in [5.74, 6) is -3.35. The number of nitrogens with one attached hydrogen (secondary N) is 1. The molecule has 0 atom stereocenters. The predicted molar refractivity (Wildman–Crippen MR) is 54.4 cm³/mol. The van der Waals surface area contributed by atoms with Gasteiger partial charge in [-0.15, -0.1) is 0 Å². The molecule has 0 spiro atoms. The number of allylic oxidation sites excluding steroid dienone is 1. The van der Waals surface area contributed by atoms with Crippen molar-refractivity contribution in [2.45, 2.75) is 19.3 Å². The maximum atomic E-state index is 13.0. The van der Waals surface area contributed by atoms with E-state index in [1.54, 1.807) is 6.92 Å². The molecule has 1 heterocycles. The summed E-state index contributed by atoms with van der Waals surface area (Å²) in [5.41, 5.74) is 1.21. The van der Waals surface area contributed by atoms with Gasteiger partial charge in [-0.1, -0.05) is 0 Å². The smallest absolute Gasteiger partial charge is 0.354 e. The minimum Gasteiger partial charge on any atom is -0.461 e. The van der Waals surface area contributed by atoms with Crippen LogP contribution in [0.4, 0.5) is 8.78 Å². The summed E-state index contributed by atoms with van der Waals surface area (Å²) in [6, 6.07) is 1.42. The van der Waals surface area contributed by atoms with E-state index in [9.17, 15) is 13.6 Å². The average molecular weight is 227 g/mol. The first-order valence-electron chi connectivity index (χ1n) is 4.98. The lowest BCUT2D eigenvalue weighted by Gasteiger charge is -2.15. The molecule has 1 aliphatic carbocycles. The zero-order valence-corrected chi connectivity index (χ0v) is 8.72. The summed E-state index contributed by atoms with van der Waals surface area (Å²) in [6.45, 7) is 1.95. The molecule has 0 unspecified atom stereocenters. The number of esters is 1. The Labute approximate surface area is 91.1 Å². The molecule has 2 rings (SSSR count). The number of halogens is 2. The highest BCUT2D eigenvalue weighted by atomic mass is 19.3. The van der Waals surface area contributed by atoms with E-state index in [1.807, 2.05) is 0 Å². The highest BCUT2D eigenvalue weighted by Gasteiger charge is 2.31. The van der Waals surface area contributed by atoms with E-state index in [2.05, 4.69) is 4.98 Å². The third kappa shape index (κ3) is 1.98. The number of aromatic nitrogens is 1. The van der Waals surface area contributed by atoms with Crippen LogP contribution in [0.2, 0.25) is 0 Å². The number of aromatic amines is 1. The topological polar surface area (TPSA) is 42.1 Å². The number of carbonyl (C=O) groups is 1. The molecular formula is C11H11F2NO2. The highest BCUT2D eigenvalue weighted by Crippen LogP contribution is 2.30. The Hall–Kier alpha value is -1.65. The number of rotatable bonds is 2. The molecule has 0 radical (unpaired) electrons. The molecule has 1 aromatic heterocycles. The highest BCUT2D eigenvalue weighted by molar-refractivity contribution is 5.88. The van der Waals surface area contributed by atoms with Crippen molar-refractivity contribution in [3.05, 3.63) is 29.1 Å². The van der Waals surface area contributed by atoms with Crippen molar-refractivity contribution in [2.24, 2.45) is 0 Å². The van der Waals surface area contributed by atoms with E-state index in [-0.39, 0.29) is 18.7 Å². The molecule has 0 fully saturated rings. The van der Waals surface area contributed by atoms with Gasteiger partial charge >= 0.3 is 5.97 Å². The van der Waals surface area contributed by atoms with Gasteiger partial charge in [0, 0.05) is 12.1 Å². The van der Waals surface area contributed by atoms with Crippen molar-refractivity contribution in [3.63, 3.8) is 0 Å². The molecule has 1 aliphatic rings. The fourth-order valence-corrected chi connectivity index (χ4v) is 1.65. The van der Waals surface area contributed by atoms with Crippen LogP contribution in [-0.2, 0) is 11.2 Å². The lowest BCUT2D eigenvalue weighted by Crippen LogP contribution is -2.18. The molecule has 1 N–H and O–H groups in total. The molecular weight excluding hydrogens is 216 g/mol. The van der Waals surface area contributed by atoms with Gasteiger partial charge in [0.05, 0.1) is 6.61 Å². The van der Waals surface area contributed by atoms with Crippen LogP contribution in [0, 0.1) is 0 Å². The fraction of sp³-hybridized carbons (Fsp3) is 0.364. The molecule has 0 saturated carbocycles. The second-order valence-corrected chi connectivity index (χ2v) is 3.61. The van der Waals surface area contributed by atoms with E-state index in [4.69, 9.17) is 4.74 Å². The molecule has 3 nitrogen and oxygen atoms in total. The molecule has 0 amide bonds. The standard InChI is InChI=1S/C11H11F2NO2/c1-2-16-10(15)9-5-7-6-11(12,13)4-3-8(7)14-9/h3-5,14H,2,6H2,1H3. The zero-order valence-electron chi connectivity index (χ0n) is 8.72. The minimum atomic E-state index is -2.83. The number of hydrogen-bond donors (Lipinski definition) is 1. The van der Waals surface area contributed by atoms with Crippen LogP contribution in [0.15, 0.2) is 12.1 Å². The third-order valence-electron chi connectivity index (χ3n) is 2.35. The monoisotopic (exact) mass is 227 g/mol. The van der Waals surface area contributed by atoms with Crippen LogP contribution >= 0.6 is 0 Å². The molecule has 5 heteroatoms. The summed E-state index contributed by atoms with van der Waals surface area (Å²) >= 11 is 0. The summed E-state index contributed by atoms with van der Waals surface area (Å²) in [7, 11) is 0. The Balaban J connectivity index is 2.27. The first-order valence-corrected chi connectivity index (χ1v) is 4.98. The lowest BCUT2D eigenvalue weighted by molar-refractivity contribution is 0.0515. The van der Waals surface area contributed by atoms with Crippen molar-refractivity contribution in [3.8, 4) is 0 Å². The van der Waals surface area contributed by atoms with Crippen molar-refractivity contribution >= 4 is 12.0 Å². The first-order chi connectivity index (χ1) is 7.52. The molecule has 0 aliphatic heterocycles. The first kappa shape index (κ1) is 10.9. The van der Waals surface area contributed by atoms with Gasteiger partial charge in [-0.2, -0.15) is 0 Å². The van der Waals surface area contributed by atoms with Crippen LogP contribution in [0.1, 0.15) is 28.7 Å². The van der Waals surface area contributed by atoms with Crippen molar-refractivity contribution in [2.75, 3.05) is 6.61 Å². The molecule has 86 valence electrons. The number of fused-ring (bicyclic) bond motifs is 1. The maximum absolute atomic E-state index is 13.0. The number of H-pyrrole nitrogens is 1. The number of carbonyl (C=O) groups excluding carboxylic acids is 1. The number of hydrogen-bond acceptors (Lipinski definition) is 2. The van der Waals surface area contributed by atoms with Crippen LogP contribution < -0.4 is 0 Å². The molecule has 16 heavy (non-hydrogen) atoms. The molecule has 1 aromatic rings.